The van der Waals surface area contributed by atoms with Gasteiger partial charge in [-0.2, -0.15) is 0 Å². The SMILES string of the molecule is O=C(Nc1cccc(O)c1)c1cncs1. The van der Waals surface area contributed by atoms with Crippen LogP contribution in [-0.2, 0) is 0 Å². The van der Waals surface area contributed by atoms with E-state index < -0.39 is 0 Å². The van der Waals surface area contributed by atoms with Crippen LogP contribution in [0.3, 0.4) is 0 Å². The maximum atomic E-state index is 11.6. The molecule has 1 heterocycles. The molecule has 0 unspecified atom stereocenters. The van der Waals surface area contributed by atoms with Crippen LogP contribution in [-0.4, -0.2) is 16.0 Å². The highest BCUT2D eigenvalue weighted by Crippen LogP contribution is 2.16. The number of amides is 1. The van der Waals surface area contributed by atoms with Crippen molar-refractivity contribution in [2.24, 2.45) is 0 Å². The minimum atomic E-state index is -0.219. The molecule has 0 aliphatic carbocycles. The molecular formula is C10H8N2O2S. The van der Waals surface area contributed by atoms with Crippen LogP contribution in [0.2, 0.25) is 0 Å². The number of rotatable bonds is 2. The van der Waals surface area contributed by atoms with Gasteiger partial charge in [0.05, 0.1) is 11.7 Å². The molecule has 4 nitrogen and oxygen atoms in total. The number of phenols is 1. The molecule has 15 heavy (non-hydrogen) atoms. The van der Waals surface area contributed by atoms with Gasteiger partial charge in [-0.05, 0) is 12.1 Å². The Morgan fingerprint density at radius 1 is 1.47 bits per heavy atom. The summed E-state index contributed by atoms with van der Waals surface area (Å²) in [5, 5.41) is 11.9. The molecule has 76 valence electrons. The second kappa shape index (κ2) is 4.10. The number of carbonyl (C=O) groups excluding carboxylic acids is 1. The zero-order chi connectivity index (χ0) is 10.7. The standard InChI is InChI=1S/C10H8N2O2S/c13-8-3-1-2-7(4-8)12-10(14)9-5-11-6-15-9/h1-6,13H,(H,12,14). The fourth-order valence-electron chi connectivity index (χ4n) is 1.10. The maximum Gasteiger partial charge on any atom is 0.267 e. The number of phenolic OH excluding ortho intramolecular Hbond substituents is 1. The van der Waals surface area contributed by atoms with E-state index in [1.54, 1.807) is 23.7 Å². The van der Waals surface area contributed by atoms with Crippen molar-refractivity contribution in [3.8, 4) is 5.75 Å². The lowest BCUT2D eigenvalue weighted by Gasteiger charge is -2.02. The van der Waals surface area contributed by atoms with Crippen LogP contribution in [0.15, 0.2) is 36.0 Å². The third-order valence-corrected chi connectivity index (χ3v) is 2.53. The number of anilines is 1. The molecule has 0 atom stereocenters. The molecule has 5 heteroatoms. The van der Waals surface area contributed by atoms with E-state index in [0.29, 0.717) is 10.6 Å². The summed E-state index contributed by atoms with van der Waals surface area (Å²) in [6.45, 7) is 0. The van der Waals surface area contributed by atoms with E-state index in [-0.39, 0.29) is 11.7 Å². The molecule has 2 aromatic rings. The van der Waals surface area contributed by atoms with E-state index in [1.165, 1.54) is 23.6 Å². The fourth-order valence-corrected chi connectivity index (χ4v) is 1.62. The molecule has 2 rings (SSSR count). The van der Waals surface area contributed by atoms with Crippen molar-refractivity contribution in [2.75, 3.05) is 5.32 Å². The van der Waals surface area contributed by atoms with Crippen molar-refractivity contribution in [1.82, 2.24) is 4.98 Å². The number of aromatic nitrogens is 1. The third-order valence-electron chi connectivity index (χ3n) is 1.76. The van der Waals surface area contributed by atoms with Gasteiger partial charge in [0.2, 0.25) is 0 Å². The molecule has 0 fully saturated rings. The Morgan fingerprint density at radius 3 is 3.00 bits per heavy atom. The normalized spacial score (nSPS) is 9.87. The van der Waals surface area contributed by atoms with Gasteiger partial charge < -0.3 is 10.4 Å². The lowest BCUT2D eigenvalue weighted by atomic mass is 10.3. The van der Waals surface area contributed by atoms with Crippen LogP contribution >= 0.6 is 11.3 Å². The third kappa shape index (κ3) is 2.32. The monoisotopic (exact) mass is 220 g/mol. The lowest BCUT2D eigenvalue weighted by Crippen LogP contribution is -2.09. The average Bonchev–Trinajstić information content (AvgIpc) is 2.70. The van der Waals surface area contributed by atoms with Crippen molar-refractivity contribution in [3.63, 3.8) is 0 Å². The van der Waals surface area contributed by atoms with Crippen molar-refractivity contribution >= 4 is 22.9 Å². The number of hydrogen-bond donors (Lipinski definition) is 2. The summed E-state index contributed by atoms with van der Waals surface area (Å²) >= 11 is 1.27. The summed E-state index contributed by atoms with van der Waals surface area (Å²) in [6, 6.07) is 6.40. The molecule has 2 N–H and O–H groups in total. The van der Waals surface area contributed by atoms with E-state index in [4.69, 9.17) is 0 Å². The predicted molar refractivity (Wildman–Crippen MR) is 58.2 cm³/mol. The van der Waals surface area contributed by atoms with Gasteiger partial charge in [0.25, 0.3) is 5.91 Å². The summed E-state index contributed by atoms with van der Waals surface area (Å²) in [6.07, 6.45) is 1.50. The summed E-state index contributed by atoms with van der Waals surface area (Å²) in [5.41, 5.74) is 2.16. The highest BCUT2D eigenvalue weighted by atomic mass is 32.1. The number of benzene rings is 1. The molecule has 0 radical (unpaired) electrons. The van der Waals surface area contributed by atoms with Crippen LogP contribution in [0.1, 0.15) is 9.67 Å². The smallest absolute Gasteiger partial charge is 0.267 e. The van der Waals surface area contributed by atoms with Crippen LogP contribution in [0.25, 0.3) is 0 Å². The number of nitrogens with zero attached hydrogens (tertiary/aromatic N) is 1. The molecule has 1 amide bonds. The predicted octanol–water partition coefficient (Wildman–Crippen LogP) is 2.10. The van der Waals surface area contributed by atoms with Crippen LogP contribution < -0.4 is 5.32 Å². The van der Waals surface area contributed by atoms with E-state index in [2.05, 4.69) is 10.3 Å². The molecule has 0 bridgehead atoms. The molecule has 1 aromatic carbocycles. The Hall–Kier alpha value is -1.88. The van der Waals surface area contributed by atoms with Crippen molar-refractivity contribution in [3.05, 3.63) is 40.8 Å². The second-order valence-electron chi connectivity index (χ2n) is 2.87. The quantitative estimate of drug-likeness (QED) is 0.814. The highest BCUT2D eigenvalue weighted by Gasteiger charge is 2.07. The van der Waals surface area contributed by atoms with Crippen molar-refractivity contribution in [1.29, 1.82) is 0 Å². The number of hydrogen-bond acceptors (Lipinski definition) is 4. The molecule has 0 aliphatic rings. The Labute approximate surface area is 90.2 Å². The molecule has 1 aromatic heterocycles. The van der Waals surface area contributed by atoms with Gasteiger partial charge in [-0.25, -0.2) is 0 Å². The van der Waals surface area contributed by atoms with Gasteiger partial charge in [0.1, 0.15) is 10.6 Å². The van der Waals surface area contributed by atoms with Gasteiger partial charge in [-0.3, -0.25) is 9.78 Å². The van der Waals surface area contributed by atoms with E-state index in [1.807, 2.05) is 0 Å². The summed E-state index contributed by atoms with van der Waals surface area (Å²) < 4.78 is 0. The summed E-state index contributed by atoms with van der Waals surface area (Å²) in [5.74, 6) is -0.0970. The minimum absolute atomic E-state index is 0.122. The first-order valence-corrected chi connectivity index (χ1v) is 5.12. The van der Waals surface area contributed by atoms with Gasteiger partial charge in [-0.1, -0.05) is 6.07 Å². The maximum absolute atomic E-state index is 11.6. The first-order chi connectivity index (χ1) is 7.25. The largest absolute Gasteiger partial charge is 0.508 e. The molecule has 0 saturated carbocycles. The van der Waals surface area contributed by atoms with E-state index >= 15 is 0 Å². The fraction of sp³-hybridized carbons (Fsp3) is 0. The second-order valence-corrected chi connectivity index (χ2v) is 3.76. The Kier molecular flexibility index (Phi) is 2.64. The molecular weight excluding hydrogens is 212 g/mol. The van der Waals surface area contributed by atoms with Gasteiger partial charge in [0.15, 0.2) is 0 Å². The first-order valence-electron chi connectivity index (χ1n) is 4.24. The van der Waals surface area contributed by atoms with Gasteiger partial charge >= 0.3 is 0 Å². The topological polar surface area (TPSA) is 62.2 Å². The van der Waals surface area contributed by atoms with Crippen LogP contribution in [0.5, 0.6) is 5.75 Å². The highest BCUT2D eigenvalue weighted by molar-refractivity contribution is 7.11. The molecule has 0 spiro atoms. The minimum Gasteiger partial charge on any atom is -0.508 e. The van der Waals surface area contributed by atoms with Crippen LogP contribution in [0, 0.1) is 0 Å². The molecule has 0 aliphatic heterocycles. The summed E-state index contributed by atoms with van der Waals surface area (Å²) in [4.78, 5) is 15.9. The van der Waals surface area contributed by atoms with Crippen molar-refractivity contribution < 1.29 is 9.90 Å². The zero-order valence-corrected chi connectivity index (χ0v) is 8.49. The zero-order valence-electron chi connectivity index (χ0n) is 7.68. The van der Waals surface area contributed by atoms with Gasteiger partial charge in [-0.15, -0.1) is 11.3 Å². The van der Waals surface area contributed by atoms with Crippen molar-refractivity contribution in [2.45, 2.75) is 0 Å². The van der Waals surface area contributed by atoms with Gasteiger partial charge in [0, 0.05) is 11.8 Å². The van der Waals surface area contributed by atoms with Crippen LogP contribution in [0.4, 0.5) is 5.69 Å². The first kappa shape index (κ1) is 9.67. The number of nitrogens with one attached hydrogen (secondary N) is 1. The summed E-state index contributed by atoms with van der Waals surface area (Å²) in [7, 11) is 0. The lowest BCUT2D eigenvalue weighted by molar-refractivity contribution is 0.103. The van der Waals surface area contributed by atoms with E-state index in [0.717, 1.165) is 0 Å². The number of thiazole rings is 1. The molecule has 0 saturated heterocycles. The number of carbonyl (C=O) groups is 1. The Balaban J connectivity index is 2.13. The Bertz CT molecular complexity index is 468. The van der Waals surface area contributed by atoms with E-state index in [9.17, 15) is 9.90 Å². The average molecular weight is 220 g/mol. The Morgan fingerprint density at radius 2 is 2.33 bits per heavy atom. The number of aromatic hydroxyl groups is 1.